The van der Waals surface area contributed by atoms with Gasteiger partial charge in [-0.3, -0.25) is 4.79 Å². The van der Waals surface area contributed by atoms with Crippen LogP contribution in [0.15, 0.2) is 47.6 Å². The van der Waals surface area contributed by atoms with Crippen LogP contribution in [0.2, 0.25) is 0 Å². The Morgan fingerprint density at radius 3 is 2.33 bits per heavy atom. The lowest BCUT2D eigenvalue weighted by Crippen LogP contribution is -2.14. The van der Waals surface area contributed by atoms with E-state index >= 15 is 0 Å². The first kappa shape index (κ1) is 14.9. The summed E-state index contributed by atoms with van der Waals surface area (Å²) in [5.41, 5.74) is 0.757. The highest BCUT2D eigenvalue weighted by atomic mass is 32.2. The summed E-state index contributed by atoms with van der Waals surface area (Å²) in [6.45, 7) is 0. The van der Waals surface area contributed by atoms with Crippen molar-refractivity contribution in [1.82, 2.24) is 9.97 Å². The number of aryl methyl sites for hydroxylation is 1. The van der Waals surface area contributed by atoms with Gasteiger partial charge in [-0.2, -0.15) is 0 Å². The van der Waals surface area contributed by atoms with Crippen molar-refractivity contribution in [3.8, 4) is 0 Å². The van der Waals surface area contributed by atoms with Crippen LogP contribution >= 0.6 is 0 Å². The van der Waals surface area contributed by atoms with Crippen molar-refractivity contribution in [2.24, 2.45) is 0 Å². The number of nitrogens with one attached hydrogen (secondary N) is 1. The number of carboxylic acid groups (broad SMARTS) is 1. The summed E-state index contributed by atoms with van der Waals surface area (Å²) in [5.74, 6) is -0.901. The van der Waals surface area contributed by atoms with Crippen LogP contribution in [0.1, 0.15) is 12.0 Å². The van der Waals surface area contributed by atoms with E-state index in [-0.39, 0.29) is 17.3 Å². The summed E-state index contributed by atoms with van der Waals surface area (Å²) in [4.78, 5) is 18.1. The Kier molecular flexibility index (Phi) is 4.49. The number of hydrogen-bond acceptors (Lipinski definition) is 5. The summed E-state index contributed by atoms with van der Waals surface area (Å²) in [7, 11) is -3.75. The monoisotopic (exact) mass is 307 g/mol. The van der Waals surface area contributed by atoms with Gasteiger partial charge in [0.2, 0.25) is 5.95 Å². The number of carbonyl (C=O) groups is 1. The molecule has 0 amide bonds. The molecular weight excluding hydrogens is 294 g/mol. The molecule has 2 rings (SSSR count). The van der Waals surface area contributed by atoms with Crippen molar-refractivity contribution in [2.75, 3.05) is 4.72 Å². The fraction of sp³-hybridized carbons (Fsp3) is 0.154. The van der Waals surface area contributed by atoms with Gasteiger partial charge in [0.25, 0.3) is 10.0 Å². The number of carboxylic acids is 1. The Hall–Kier alpha value is -2.48. The zero-order valence-corrected chi connectivity index (χ0v) is 11.7. The zero-order valence-electron chi connectivity index (χ0n) is 10.9. The molecule has 1 heterocycles. The van der Waals surface area contributed by atoms with Gasteiger partial charge in [-0.05, 0) is 30.2 Å². The lowest BCUT2D eigenvalue weighted by atomic mass is 10.1. The molecule has 110 valence electrons. The molecule has 2 N–H and O–H groups in total. The zero-order chi connectivity index (χ0) is 15.3. The predicted molar refractivity (Wildman–Crippen MR) is 75.2 cm³/mol. The van der Waals surface area contributed by atoms with Gasteiger partial charge in [0.15, 0.2) is 0 Å². The van der Waals surface area contributed by atoms with Gasteiger partial charge in [-0.15, -0.1) is 0 Å². The van der Waals surface area contributed by atoms with E-state index < -0.39 is 16.0 Å². The molecule has 0 spiro atoms. The third-order valence-corrected chi connectivity index (χ3v) is 4.00. The van der Waals surface area contributed by atoms with Gasteiger partial charge in [-0.25, -0.2) is 23.1 Å². The van der Waals surface area contributed by atoms with E-state index in [1.807, 2.05) is 0 Å². The molecule has 0 saturated heterocycles. The molecule has 0 atom stereocenters. The van der Waals surface area contributed by atoms with E-state index in [4.69, 9.17) is 5.11 Å². The molecule has 0 bridgehead atoms. The van der Waals surface area contributed by atoms with Crippen LogP contribution in [0, 0.1) is 0 Å². The molecule has 0 unspecified atom stereocenters. The summed E-state index contributed by atoms with van der Waals surface area (Å²) in [6, 6.07) is 7.59. The lowest BCUT2D eigenvalue weighted by Gasteiger charge is -2.07. The van der Waals surface area contributed by atoms with Crippen LogP contribution in [-0.4, -0.2) is 29.5 Å². The minimum absolute atomic E-state index is 0.00218. The first-order valence-corrected chi connectivity index (χ1v) is 7.56. The van der Waals surface area contributed by atoms with E-state index in [0.717, 1.165) is 5.56 Å². The first-order chi connectivity index (χ1) is 9.97. The summed E-state index contributed by atoms with van der Waals surface area (Å²) < 4.78 is 26.4. The maximum Gasteiger partial charge on any atom is 0.303 e. The average molecular weight is 307 g/mol. The van der Waals surface area contributed by atoms with Gasteiger partial charge in [0.1, 0.15) is 0 Å². The van der Waals surface area contributed by atoms with Gasteiger partial charge < -0.3 is 5.11 Å². The number of aromatic nitrogens is 2. The van der Waals surface area contributed by atoms with Crippen molar-refractivity contribution in [1.29, 1.82) is 0 Å². The highest BCUT2D eigenvalue weighted by Crippen LogP contribution is 2.14. The van der Waals surface area contributed by atoms with Gasteiger partial charge in [0, 0.05) is 18.8 Å². The molecular formula is C13H13N3O4S. The summed E-state index contributed by atoms with van der Waals surface area (Å²) in [6.07, 6.45) is 3.22. The largest absolute Gasteiger partial charge is 0.481 e. The van der Waals surface area contributed by atoms with Crippen molar-refractivity contribution in [3.05, 3.63) is 48.3 Å². The number of sulfonamides is 1. The maximum absolute atomic E-state index is 12.1. The minimum atomic E-state index is -3.75. The molecule has 0 aliphatic carbocycles. The fourth-order valence-electron chi connectivity index (χ4n) is 1.62. The summed E-state index contributed by atoms with van der Waals surface area (Å²) in [5, 5.41) is 8.60. The van der Waals surface area contributed by atoms with Crippen molar-refractivity contribution in [2.45, 2.75) is 17.7 Å². The second-order valence-electron chi connectivity index (χ2n) is 4.22. The molecule has 0 radical (unpaired) electrons. The SMILES string of the molecule is O=C(O)CCc1ccc(S(=O)(=O)Nc2ncccn2)cc1. The van der Waals surface area contributed by atoms with Gasteiger partial charge in [0.05, 0.1) is 4.90 Å². The molecule has 1 aromatic carbocycles. The normalized spacial score (nSPS) is 11.0. The molecule has 0 aliphatic heterocycles. The van der Waals surface area contributed by atoms with Crippen molar-refractivity contribution >= 4 is 21.9 Å². The Morgan fingerprint density at radius 2 is 1.76 bits per heavy atom. The smallest absolute Gasteiger partial charge is 0.303 e. The molecule has 21 heavy (non-hydrogen) atoms. The Labute approximate surface area is 121 Å². The molecule has 0 aliphatic rings. The number of hydrogen-bond donors (Lipinski definition) is 2. The summed E-state index contributed by atoms with van der Waals surface area (Å²) >= 11 is 0. The maximum atomic E-state index is 12.1. The molecule has 8 heteroatoms. The number of nitrogens with zero attached hydrogens (tertiary/aromatic N) is 2. The second-order valence-corrected chi connectivity index (χ2v) is 5.90. The topological polar surface area (TPSA) is 109 Å². The van der Waals surface area contributed by atoms with Crippen LogP contribution in [0.5, 0.6) is 0 Å². The van der Waals surface area contributed by atoms with Crippen LogP contribution in [-0.2, 0) is 21.2 Å². The van der Waals surface area contributed by atoms with Crippen LogP contribution in [0.4, 0.5) is 5.95 Å². The Morgan fingerprint density at radius 1 is 1.14 bits per heavy atom. The van der Waals surface area contributed by atoms with E-state index in [0.29, 0.717) is 6.42 Å². The van der Waals surface area contributed by atoms with E-state index in [9.17, 15) is 13.2 Å². The highest BCUT2D eigenvalue weighted by Gasteiger charge is 2.15. The van der Waals surface area contributed by atoms with Crippen molar-refractivity contribution in [3.63, 3.8) is 0 Å². The van der Waals surface area contributed by atoms with Gasteiger partial charge >= 0.3 is 5.97 Å². The fourth-order valence-corrected chi connectivity index (χ4v) is 2.58. The lowest BCUT2D eigenvalue weighted by molar-refractivity contribution is -0.136. The van der Waals surface area contributed by atoms with Crippen LogP contribution in [0.3, 0.4) is 0 Å². The van der Waals surface area contributed by atoms with Crippen LogP contribution < -0.4 is 4.72 Å². The second kappa shape index (κ2) is 6.31. The number of rotatable bonds is 6. The number of aliphatic carboxylic acids is 1. The Bertz CT molecular complexity index is 715. The molecule has 1 aromatic heterocycles. The van der Waals surface area contributed by atoms with Crippen LogP contribution in [0.25, 0.3) is 0 Å². The highest BCUT2D eigenvalue weighted by molar-refractivity contribution is 7.92. The van der Waals surface area contributed by atoms with E-state index in [1.54, 1.807) is 18.2 Å². The standard InChI is InChI=1S/C13H13N3O4S/c17-12(18)7-4-10-2-5-11(6-3-10)21(19,20)16-13-14-8-1-9-15-13/h1-3,5-6,8-9H,4,7H2,(H,17,18)(H,14,15,16). The predicted octanol–water partition coefficient (Wildman–Crippen LogP) is 1.29. The van der Waals surface area contributed by atoms with E-state index in [2.05, 4.69) is 14.7 Å². The van der Waals surface area contributed by atoms with Gasteiger partial charge in [-0.1, -0.05) is 12.1 Å². The number of anilines is 1. The number of benzene rings is 1. The Balaban J connectivity index is 2.12. The molecule has 2 aromatic rings. The molecule has 0 saturated carbocycles. The molecule has 7 nitrogen and oxygen atoms in total. The third-order valence-electron chi connectivity index (χ3n) is 2.65. The third kappa shape index (κ3) is 4.25. The quantitative estimate of drug-likeness (QED) is 0.832. The first-order valence-electron chi connectivity index (χ1n) is 6.08. The molecule has 0 fully saturated rings. The average Bonchev–Trinajstić information content (AvgIpc) is 2.46. The minimum Gasteiger partial charge on any atom is -0.481 e. The van der Waals surface area contributed by atoms with Crippen molar-refractivity contribution < 1.29 is 18.3 Å². The van der Waals surface area contributed by atoms with E-state index in [1.165, 1.54) is 24.5 Å².